The zero-order chi connectivity index (χ0) is 13.9. The number of nitrogens with one attached hydrogen (secondary N) is 1. The number of aromatic nitrogens is 2. The van der Waals surface area contributed by atoms with Crippen molar-refractivity contribution >= 4 is 10.0 Å². The van der Waals surface area contributed by atoms with Crippen LogP contribution in [-0.2, 0) is 23.6 Å². The normalized spacial score (nSPS) is 11.2. The fraction of sp³-hybridized carbons (Fsp3) is 0.167. The predicted octanol–water partition coefficient (Wildman–Crippen LogP) is 0.770. The van der Waals surface area contributed by atoms with Crippen molar-refractivity contribution in [2.75, 3.05) is 0 Å². The van der Waals surface area contributed by atoms with E-state index in [1.165, 1.54) is 24.3 Å². The highest BCUT2D eigenvalue weighted by Crippen LogP contribution is 2.10. The number of aryl methyl sites for hydroxylation is 1. The fourth-order valence-corrected chi connectivity index (χ4v) is 2.55. The molecule has 1 heterocycles. The van der Waals surface area contributed by atoms with E-state index in [2.05, 4.69) is 9.82 Å². The van der Waals surface area contributed by atoms with Crippen LogP contribution in [0.25, 0.3) is 0 Å². The molecule has 98 valence electrons. The van der Waals surface area contributed by atoms with Crippen LogP contribution >= 0.6 is 0 Å². The summed E-state index contributed by atoms with van der Waals surface area (Å²) in [4.78, 5) is 0.135. The quantitative estimate of drug-likeness (QED) is 0.893. The Kier molecular flexibility index (Phi) is 3.64. The Labute approximate surface area is 111 Å². The summed E-state index contributed by atoms with van der Waals surface area (Å²) in [5.74, 6) is 0. The largest absolute Gasteiger partial charge is 0.275 e. The van der Waals surface area contributed by atoms with Crippen molar-refractivity contribution in [2.45, 2.75) is 11.4 Å². The third-order valence-corrected chi connectivity index (χ3v) is 3.94. The monoisotopic (exact) mass is 276 g/mol. The first-order valence-electron chi connectivity index (χ1n) is 5.48. The summed E-state index contributed by atoms with van der Waals surface area (Å²) in [6.07, 6.45) is 3.34. The lowest BCUT2D eigenvalue weighted by Gasteiger charge is -2.05. The summed E-state index contributed by atoms with van der Waals surface area (Å²) >= 11 is 0. The van der Waals surface area contributed by atoms with E-state index in [1.807, 2.05) is 6.07 Å². The molecular weight excluding hydrogens is 264 g/mol. The van der Waals surface area contributed by atoms with E-state index in [-0.39, 0.29) is 11.4 Å². The van der Waals surface area contributed by atoms with Gasteiger partial charge in [0.1, 0.15) is 0 Å². The molecule has 7 heteroatoms. The van der Waals surface area contributed by atoms with Crippen molar-refractivity contribution in [3.8, 4) is 6.07 Å². The third kappa shape index (κ3) is 3.19. The SMILES string of the molecule is Cn1cc(CNS(=O)(=O)c2ccc(C#N)cc2)cn1. The molecule has 0 fully saturated rings. The van der Waals surface area contributed by atoms with Gasteiger partial charge in [0.15, 0.2) is 0 Å². The number of hydrogen-bond donors (Lipinski definition) is 1. The first kappa shape index (κ1) is 13.3. The Morgan fingerprint density at radius 3 is 2.58 bits per heavy atom. The van der Waals surface area contributed by atoms with Crippen LogP contribution in [0.3, 0.4) is 0 Å². The Morgan fingerprint density at radius 2 is 2.05 bits per heavy atom. The summed E-state index contributed by atoms with van der Waals surface area (Å²) in [6.45, 7) is 0.177. The Hall–Kier alpha value is -2.17. The van der Waals surface area contributed by atoms with E-state index in [0.29, 0.717) is 5.56 Å². The molecule has 1 aromatic heterocycles. The molecule has 0 bridgehead atoms. The summed E-state index contributed by atoms with van der Waals surface area (Å²) in [5, 5.41) is 12.6. The molecule has 1 aromatic carbocycles. The lowest BCUT2D eigenvalue weighted by atomic mass is 10.2. The molecule has 0 atom stereocenters. The summed E-state index contributed by atoms with van der Waals surface area (Å²) < 4.78 is 28.1. The van der Waals surface area contributed by atoms with Gasteiger partial charge in [0.05, 0.1) is 22.7 Å². The van der Waals surface area contributed by atoms with Crippen molar-refractivity contribution in [3.05, 3.63) is 47.8 Å². The molecule has 19 heavy (non-hydrogen) atoms. The molecule has 0 aliphatic heterocycles. The Balaban J connectivity index is 2.11. The van der Waals surface area contributed by atoms with E-state index in [4.69, 9.17) is 5.26 Å². The molecule has 0 amide bonds. The van der Waals surface area contributed by atoms with Crippen LogP contribution < -0.4 is 4.72 Å². The number of nitriles is 1. The van der Waals surface area contributed by atoms with Gasteiger partial charge in [-0.15, -0.1) is 0 Å². The maximum absolute atomic E-state index is 12.0. The first-order valence-corrected chi connectivity index (χ1v) is 6.97. The van der Waals surface area contributed by atoms with Gasteiger partial charge < -0.3 is 0 Å². The van der Waals surface area contributed by atoms with Crippen LogP contribution in [0.4, 0.5) is 0 Å². The van der Waals surface area contributed by atoms with Crippen LogP contribution in [0.15, 0.2) is 41.6 Å². The number of rotatable bonds is 4. The minimum Gasteiger partial charge on any atom is -0.275 e. The second-order valence-electron chi connectivity index (χ2n) is 3.98. The van der Waals surface area contributed by atoms with Gasteiger partial charge in [-0.1, -0.05) is 0 Å². The van der Waals surface area contributed by atoms with Crippen LogP contribution in [0.5, 0.6) is 0 Å². The standard InChI is InChI=1S/C12H12N4O2S/c1-16-9-11(7-14-16)8-15-19(17,18)12-4-2-10(6-13)3-5-12/h2-5,7,9,15H,8H2,1H3. The molecule has 0 saturated heterocycles. The summed E-state index contributed by atoms with van der Waals surface area (Å²) in [7, 11) is -1.81. The lowest BCUT2D eigenvalue weighted by Crippen LogP contribution is -2.23. The van der Waals surface area contributed by atoms with Gasteiger partial charge in [0, 0.05) is 25.4 Å². The van der Waals surface area contributed by atoms with Gasteiger partial charge in [0.25, 0.3) is 0 Å². The minimum atomic E-state index is -3.57. The zero-order valence-corrected chi connectivity index (χ0v) is 11.1. The topological polar surface area (TPSA) is 87.8 Å². The molecule has 0 unspecified atom stereocenters. The maximum atomic E-state index is 12.0. The van der Waals surface area contributed by atoms with Crippen LogP contribution in [0, 0.1) is 11.3 Å². The second kappa shape index (κ2) is 5.22. The van der Waals surface area contributed by atoms with Crippen molar-refractivity contribution in [2.24, 2.45) is 7.05 Å². The fourth-order valence-electron chi connectivity index (χ4n) is 1.53. The molecule has 0 aliphatic carbocycles. The third-order valence-electron chi connectivity index (χ3n) is 2.52. The average Bonchev–Trinajstić information content (AvgIpc) is 2.82. The molecule has 0 spiro atoms. The highest BCUT2D eigenvalue weighted by atomic mass is 32.2. The van der Waals surface area contributed by atoms with Crippen LogP contribution in [0.2, 0.25) is 0 Å². The van der Waals surface area contributed by atoms with Gasteiger partial charge in [-0.05, 0) is 24.3 Å². The van der Waals surface area contributed by atoms with Gasteiger partial charge >= 0.3 is 0 Å². The van der Waals surface area contributed by atoms with Gasteiger partial charge in [-0.3, -0.25) is 4.68 Å². The van der Waals surface area contributed by atoms with E-state index in [0.717, 1.165) is 5.56 Å². The highest BCUT2D eigenvalue weighted by Gasteiger charge is 2.13. The molecule has 2 aromatic rings. The minimum absolute atomic E-state index is 0.135. The summed E-state index contributed by atoms with van der Waals surface area (Å²) in [5.41, 5.74) is 1.20. The molecular formula is C12H12N4O2S. The van der Waals surface area contributed by atoms with E-state index >= 15 is 0 Å². The average molecular weight is 276 g/mol. The molecule has 0 aliphatic rings. The molecule has 0 radical (unpaired) electrons. The van der Waals surface area contributed by atoms with Crippen molar-refractivity contribution in [1.29, 1.82) is 5.26 Å². The Bertz CT molecular complexity index is 711. The smallest absolute Gasteiger partial charge is 0.240 e. The predicted molar refractivity (Wildman–Crippen MR) is 68.4 cm³/mol. The number of nitrogens with zero attached hydrogens (tertiary/aromatic N) is 3. The van der Waals surface area contributed by atoms with E-state index in [1.54, 1.807) is 24.1 Å². The van der Waals surface area contributed by atoms with Gasteiger partial charge in [-0.25, -0.2) is 13.1 Å². The summed E-state index contributed by atoms with van der Waals surface area (Å²) in [6, 6.07) is 7.70. The molecule has 2 rings (SSSR count). The van der Waals surface area contributed by atoms with Gasteiger partial charge in [-0.2, -0.15) is 10.4 Å². The number of benzene rings is 1. The van der Waals surface area contributed by atoms with Gasteiger partial charge in [0.2, 0.25) is 10.0 Å². The van der Waals surface area contributed by atoms with Crippen molar-refractivity contribution in [1.82, 2.24) is 14.5 Å². The number of sulfonamides is 1. The van der Waals surface area contributed by atoms with E-state index < -0.39 is 10.0 Å². The molecule has 0 saturated carbocycles. The maximum Gasteiger partial charge on any atom is 0.240 e. The lowest BCUT2D eigenvalue weighted by molar-refractivity contribution is 0.581. The second-order valence-corrected chi connectivity index (χ2v) is 5.75. The molecule has 1 N–H and O–H groups in total. The van der Waals surface area contributed by atoms with Crippen LogP contribution in [0.1, 0.15) is 11.1 Å². The zero-order valence-electron chi connectivity index (χ0n) is 10.2. The first-order chi connectivity index (χ1) is 9.01. The van der Waals surface area contributed by atoms with Crippen LogP contribution in [-0.4, -0.2) is 18.2 Å². The highest BCUT2D eigenvalue weighted by molar-refractivity contribution is 7.89. The Morgan fingerprint density at radius 1 is 1.37 bits per heavy atom. The number of hydrogen-bond acceptors (Lipinski definition) is 4. The molecule has 6 nitrogen and oxygen atoms in total. The van der Waals surface area contributed by atoms with Crippen molar-refractivity contribution in [3.63, 3.8) is 0 Å². The van der Waals surface area contributed by atoms with Crippen molar-refractivity contribution < 1.29 is 8.42 Å². The van der Waals surface area contributed by atoms with E-state index in [9.17, 15) is 8.42 Å².